The Balaban J connectivity index is 2.05. The predicted octanol–water partition coefficient (Wildman–Crippen LogP) is 3.38. The summed E-state index contributed by atoms with van der Waals surface area (Å²) in [5.74, 6) is -0.578. The molecule has 0 unspecified atom stereocenters. The van der Waals surface area contributed by atoms with Crippen LogP contribution in [0.2, 0.25) is 0 Å². The molecule has 8 nitrogen and oxygen atoms in total. The number of nitro benzene ring substituents is 1. The average molecular weight is 342 g/mol. The molecule has 0 aliphatic rings. The molecule has 0 fully saturated rings. The molecule has 0 radical (unpaired) electrons. The minimum absolute atomic E-state index is 0.0141. The summed E-state index contributed by atoms with van der Waals surface area (Å²) in [6.45, 7) is 3.70. The highest BCUT2D eigenvalue weighted by atomic mass is 16.6. The van der Waals surface area contributed by atoms with Gasteiger partial charge < -0.3 is 16.0 Å². The molecule has 0 saturated carbocycles. The third-order valence-electron chi connectivity index (χ3n) is 3.17. The Hall–Kier alpha value is -3.42. The van der Waals surface area contributed by atoms with Gasteiger partial charge in [-0.2, -0.15) is 0 Å². The molecule has 0 saturated heterocycles. The Kier molecular flexibility index (Phi) is 5.67. The molecular weight excluding hydrogens is 324 g/mol. The number of nitrogens with one attached hydrogen (secondary N) is 3. The molecule has 0 spiro atoms. The Labute approximate surface area is 144 Å². The third kappa shape index (κ3) is 5.03. The van der Waals surface area contributed by atoms with Gasteiger partial charge in [-0.1, -0.05) is 12.1 Å². The zero-order chi connectivity index (χ0) is 18.4. The van der Waals surface area contributed by atoms with Crippen molar-refractivity contribution in [3.63, 3.8) is 0 Å². The molecule has 8 heteroatoms. The quantitative estimate of drug-likeness (QED) is 0.571. The van der Waals surface area contributed by atoms with E-state index in [1.54, 1.807) is 30.3 Å². The zero-order valence-corrected chi connectivity index (χ0v) is 13.8. The number of urea groups is 1. The number of rotatable bonds is 5. The summed E-state index contributed by atoms with van der Waals surface area (Å²) in [6.07, 6.45) is 0. The number of hydrogen-bond acceptors (Lipinski definition) is 4. The Morgan fingerprint density at radius 1 is 0.960 bits per heavy atom. The van der Waals surface area contributed by atoms with E-state index in [-0.39, 0.29) is 23.3 Å². The second-order valence-electron chi connectivity index (χ2n) is 5.56. The molecule has 130 valence electrons. The van der Waals surface area contributed by atoms with Gasteiger partial charge in [-0.05, 0) is 44.2 Å². The maximum absolute atomic E-state index is 12.2. The molecule has 0 aliphatic carbocycles. The first-order valence-corrected chi connectivity index (χ1v) is 7.59. The molecule has 0 heterocycles. The van der Waals surface area contributed by atoms with Crippen LogP contribution in [0.5, 0.6) is 0 Å². The van der Waals surface area contributed by atoms with Crippen molar-refractivity contribution in [1.29, 1.82) is 0 Å². The van der Waals surface area contributed by atoms with Crippen LogP contribution in [0.25, 0.3) is 0 Å². The summed E-state index contributed by atoms with van der Waals surface area (Å²) in [7, 11) is 0. The van der Waals surface area contributed by atoms with Crippen molar-refractivity contribution in [2.75, 3.05) is 10.6 Å². The van der Waals surface area contributed by atoms with Gasteiger partial charge in [-0.25, -0.2) is 4.79 Å². The monoisotopic (exact) mass is 342 g/mol. The van der Waals surface area contributed by atoms with Crippen molar-refractivity contribution < 1.29 is 14.5 Å². The van der Waals surface area contributed by atoms with E-state index in [1.807, 2.05) is 13.8 Å². The van der Waals surface area contributed by atoms with E-state index in [4.69, 9.17) is 0 Å². The SMILES string of the molecule is CC(C)NC(=O)Nc1ccc(NC(=O)c2ccccc2[N+](=O)[O-])cc1. The first kappa shape index (κ1) is 17.9. The van der Waals surface area contributed by atoms with Gasteiger partial charge in [0.25, 0.3) is 11.6 Å². The summed E-state index contributed by atoms with van der Waals surface area (Å²) in [5, 5.41) is 18.9. The largest absolute Gasteiger partial charge is 0.336 e. The lowest BCUT2D eigenvalue weighted by molar-refractivity contribution is -0.385. The maximum atomic E-state index is 12.2. The number of nitrogens with zero attached hydrogens (tertiary/aromatic N) is 1. The molecule has 3 amide bonds. The van der Waals surface area contributed by atoms with E-state index in [0.29, 0.717) is 11.4 Å². The lowest BCUT2D eigenvalue weighted by atomic mass is 10.1. The van der Waals surface area contributed by atoms with Gasteiger partial charge in [0.1, 0.15) is 5.56 Å². The Bertz CT molecular complexity index is 787. The number of carbonyl (C=O) groups is 2. The van der Waals surface area contributed by atoms with Gasteiger partial charge in [0.15, 0.2) is 0 Å². The summed E-state index contributed by atoms with van der Waals surface area (Å²) in [6, 6.07) is 11.8. The first-order valence-electron chi connectivity index (χ1n) is 7.59. The van der Waals surface area contributed by atoms with Gasteiger partial charge in [0.05, 0.1) is 4.92 Å². The van der Waals surface area contributed by atoms with Gasteiger partial charge in [-0.3, -0.25) is 14.9 Å². The van der Waals surface area contributed by atoms with Crippen molar-refractivity contribution >= 4 is 29.0 Å². The van der Waals surface area contributed by atoms with E-state index in [2.05, 4.69) is 16.0 Å². The lowest BCUT2D eigenvalue weighted by Gasteiger charge is -2.11. The van der Waals surface area contributed by atoms with Crippen LogP contribution in [0.3, 0.4) is 0 Å². The van der Waals surface area contributed by atoms with Crippen LogP contribution >= 0.6 is 0 Å². The molecule has 2 aromatic carbocycles. The number of amides is 3. The molecule has 0 atom stereocenters. The topological polar surface area (TPSA) is 113 Å². The van der Waals surface area contributed by atoms with Crippen molar-refractivity contribution in [3.8, 4) is 0 Å². The second-order valence-corrected chi connectivity index (χ2v) is 5.56. The molecule has 0 bridgehead atoms. The minimum atomic E-state index is -0.602. The number of benzene rings is 2. The summed E-state index contributed by atoms with van der Waals surface area (Å²) in [4.78, 5) is 34.2. The van der Waals surface area contributed by atoms with Crippen molar-refractivity contribution in [3.05, 3.63) is 64.2 Å². The fourth-order valence-electron chi connectivity index (χ4n) is 2.09. The lowest BCUT2D eigenvalue weighted by Crippen LogP contribution is -2.34. The van der Waals surface area contributed by atoms with Crippen LogP contribution in [-0.4, -0.2) is 22.9 Å². The minimum Gasteiger partial charge on any atom is -0.336 e. The van der Waals surface area contributed by atoms with Crippen LogP contribution in [0.15, 0.2) is 48.5 Å². The highest BCUT2D eigenvalue weighted by molar-refractivity contribution is 6.07. The van der Waals surface area contributed by atoms with E-state index in [1.165, 1.54) is 18.2 Å². The predicted molar refractivity (Wildman–Crippen MR) is 94.8 cm³/mol. The van der Waals surface area contributed by atoms with Crippen molar-refractivity contribution in [2.45, 2.75) is 19.9 Å². The second kappa shape index (κ2) is 7.91. The number of hydrogen-bond donors (Lipinski definition) is 3. The number of nitro groups is 1. The normalized spacial score (nSPS) is 10.2. The van der Waals surface area contributed by atoms with Crippen LogP contribution in [0.4, 0.5) is 21.9 Å². The maximum Gasteiger partial charge on any atom is 0.319 e. The van der Waals surface area contributed by atoms with E-state index in [0.717, 1.165) is 0 Å². The van der Waals surface area contributed by atoms with E-state index >= 15 is 0 Å². The van der Waals surface area contributed by atoms with Gasteiger partial charge in [0, 0.05) is 23.5 Å². The smallest absolute Gasteiger partial charge is 0.319 e. The van der Waals surface area contributed by atoms with E-state index < -0.39 is 10.8 Å². The number of para-hydroxylation sites is 1. The van der Waals surface area contributed by atoms with Crippen LogP contribution in [0.1, 0.15) is 24.2 Å². The highest BCUT2D eigenvalue weighted by Crippen LogP contribution is 2.20. The highest BCUT2D eigenvalue weighted by Gasteiger charge is 2.19. The van der Waals surface area contributed by atoms with Gasteiger partial charge in [0.2, 0.25) is 0 Å². The standard InChI is InChI=1S/C17H18N4O4/c1-11(2)18-17(23)20-13-9-7-12(8-10-13)19-16(22)14-5-3-4-6-15(14)21(24)25/h3-11H,1-2H3,(H,19,22)(H2,18,20,23). The molecule has 0 aromatic heterocycles. The number of anilines is 2. The Morgan fingerprint density at radius 3 is 2.08 bits per heavy atom. The van der Waals surface area contributed by atoms with Gasteiger partial charge >= 0.3 is 6.03 Å². The molecule has 2 rings (SSSR count). The van der Waals surface area contributed by atoms with Crippen LogP contribution < -0.4 is 16.0 Å². The summed E-state index contributed by atoms with van der Waals surface area (Å²) >= 11 is 0. The summed E-state index contributed by atoms with van der Waals surface area (Å²) in [5.41, 5.74) is 0.731. The third-order valence-corrected chi connectivity index (χ3v) is 3.17. The van der Waals surface area contributed by atoms with Gasteiger partial charge in [-0.15, -0.1) is 0 Å². The zero-order valence-electron chi connectivity index (χ0n) is 13.8. The van der Waals surface area contributed by atoms with E-state index in [9.17, 15) is 19.7 Å². The molecule has 2 aromatic rings. The molecule has 25 heavy (non-hydrogen) atoms. The fraction of sp³-hybridized carbons (Fsp3) is 0.176. The van der Waals surface area contributed by atoms with Crippen LogP contribution in [0, 0.1) is 10.1 Å². The summed E-state index contributed by atoms with van der Waals surface area (Å²) < 4.78 is 0. The molecule has 3 N–H and O–H groups in total. The average Bonchev–Trinajstić information content (AvgIpc) is 2.55. The molecular formula is C17H18N4O4. The first-order chi connectivity index (χ1) is 11.9. The number of carbonyl (C=O) groups excluding carboxylic acids is 2. The van der Waals surface area contributed by atoms with Crippen LogP contribution in [-0.2, 0) is 0 Å². The molecule has 0 aliphatic heterocycles. The van der Waals surface area contributed by atoms with Crippen molar-refractivity contribution in [1.82, 2.24) is 5.32 Å². The fourth-order valence-corrected chi connectivity index (χ4v) is 2.09. The van der Waals surface area contributed by atoms with Crippen molar-refractivity contribution in [2.24, 2.45) is 0 Å². The Morgan fingerprint density at radius 2 is 1.52 bits per heavy atom.